The Morgan fingerprint density at radius 2 is 0.743 bits per heavy atom. The van der Waals surface area contributed by atoms with Crippen molar-refractivity contribution in [1.82, 2.24) is 0 Å². The standard InChI is InChI=1S/2C10H21O.2C6H5.Sn/c2*1-2-3-4-5-6-7-8-9-10-11;2*1-2-4-6-5-3-1;/h2*2-10H2,1H3;2*1-5H;/q2*-1;;;+2. The number of benzene rings is 2. The molecule has 2 aromatic carbocycles. The van der Waals surface area contributed by atoms with E-state index in [-0.39, 0.29) is 0 Å². The Morgan fingerprint density at radius 3 is 1.09 bits per heavy atom. The van der Waals surface area contributed by atoms with Crippen LogP contribution in [0.4, 0.5) is 0 Å². The number of unbranched alkanes of at least 4 members (excludes halogenated alkanes) is 14. The van der Waals surface area contributed by atoms with Gasteiger partial charge in [0.05, 0.1) is 0 Å². The summed E-state index contributed by atoms with van der Waals surface area (Å²) in [4.78, 5) is 0. The van der Waals surface area contributed by atoms with Gasteiger partial charge in [-0.1, -0.05) is 0 Å². The van der Waals surface area contributed by atoms with E-state index in [9.17, 15) is 0 Å². The van der Waals surface area contributed by atoms with E-state index in [1.807, 2.05) is 0 Å². The summed E-state index contributed by atoms with van der Waals surface area (Å²) in [5.74, 6) is 0. The summed E-state index contributed by atoms with van der Waals surface area (Å²) in [6.45, 7) is 6.19. The van der Waals surface area contributed by atoms with Crippen LogP contribution in [-0.2, 0) is 6.15 Å². The summed E-state index contributed by atoms with van der Waals surface area (Å²) in [7, 11) is 0. The van der Waals surface area contributed by atoms with E-state index >= 15 is 0 Å². The Balaban J connectivity index is 1.93. The molecule has 2 nitrogen and oxygen atoms in total. The molecule has 0 aliphatic carbocycles. The number of hydrogen-bond donors (Lipinski definition) is 0. The van der Waals surface area contributed by atoms with Gasteiger partial charge in [-0.25, -0.2) is 0 Å². The third-order valence-corrected chi connectivity index (χ3v) is 16.6. The van der Waals surface area contributed by atoms with Gasteiger partial charge in [0, 0.05) is 0 Å². The molecule has 0 radical (unpaired) electrons. The average molecular weight is 587 g/mol. The molecule has 0 aromatic heterocycles. The summed E-state index contributed by atoms with van der Waals surface area (Å²) >= 11 is -3.69. The topological polar surface area (TPSA) is 18.5 Å². The Bertz CT molecular complexity index is 655. The van der Waals surface area contributed by atoms with Gasteiger partial charge >= 0.3 is 223 Å². The van der Waals surface area contributed by atoms with Crippen LogP contribution in [0.2, 0.25) is 0 Å². The van der Waals surface area contributed by atoms with Crippen LogP contribution in [0.5, 0.6) is 0 Å². The molecule has 0 amide bonds. The van der Waals surface area contributed by atoms with Crippen molar-refractivity contribution in [3.05, 3.63) is 60.7 Å². The second-order valence-electron chi connectivity index (χ2n) is 10.00. The van der Waals surface area contributed by atoms with Crippen molar-refractivity contribution in [2.75, 3.05) is 13.2 Å². The van der Waals surface area contributed by atoms with E-state index in [4.69, 9.17) is 6.15 Å². The van der Waals surface area contributed by atoms with Crippen LogP contribution < -0.4 is 7.16 Å². The minimum absolute atomic E-state index is 0.812. The fraction of sp³-hybridized carbons (Fsp3) is 0.625. The summed E-state index contributed by atoms with van der Waals surface area (Å²) in [5, 5.41) is 0. The Kier molecular flexibility index (Phi) is 17.6. The van der Waals surface area contributed by atoms with E-state index in [2.05, 4.69) is 74.5 Å². The Hall–Kier alpha value is -0.841. The molecule has 0 fully saturated rings. The van der Waals surface area contributed by atoms with Gasteiger partial charge in [0.2, 0.25) is 0 Å². The molecule has 2 aromatic rings. The number of rotatable bonds is 22. The maximum atomic E-state index is 6.91. The molecule has 0 saturated heterocycles. The van der Waals surface area contributed by atoms with Crippen LogP contribution >= 0.6 is 0 Å². The van der Waals surface area contributed by atoms with E-state index in [0.29, 0.717) is 0 Å². The fourth-order valence-electron chi connectivity index (χ4n) is 4.76. The zero-order chi connectivity index (χ0) is 24.9. The summed E-state index contributed by atoms with van der Waals surface area (Å²) < 4.78 is 16.4. The van der Waals surface area contributed by atoms with Crippen molar-refractivity contribution in [1.29, 1.82) is 0 Å². The molecule has 0 heterocycles. The molecule has 0 atom stereocenters. The van der Waals surface area contributed by atoms with E-state index in [1.54, 1.807) is 0 Å². The quantitative estimate of drug-likeness (QED) is 0.102. The van der Waals surface area contributed by atoms with Gasteiger partial charge < -0.3 is 0 Å². The van der Waals surface area contributed by atoms with E-state index < -0.39 is 19.2 Å². The number of hydrogen-bond acceptors (Lipinski definition) is 2. The van der Waals surface area contributed by atoms with E-state index in [0.717, 1.165) is 26.1 Å². The summed E-state index contributed by atoms with van der Waals surface area (Å²) in [5.41, 5.74) is 0. The second kappa shape index (κ2) is 20.2. The van der Waals surface area contributed by atoms with Gasteiger partial charge in [0.1, 0.15) is 0 Å². The van der Waals surface area contributed by atoms with E-state index in [1.165, 1.54) is 97.1 Å². The molecule has 0 spiro atoms. The minimum atomic E-state index is -3.69. The van der Waals surface area contributed by atoms with Crippen molar-refractivity contribution >= 4 is 26.4 Å². The molecule has 2 rings (SSSR count). The van der Waals surface area contributed by atoms with Crippen molar-refractivity contribution in [2.24, 2.45) is 0 Å². The first kappa shape index (κ1) is 30.4. The van der Waals surface area contributed by atoms with Crippen LogP contribution in [0.1, 0.15) is 117 Å². The first-order valence-corrected chi connectivity index (χ1v) is 19.9. The molecular formula is C32H52O2Sn. The molecule has 0 unspecified atom stereocenters. The van der Waals surface area contributed by atoms with Crippen LogP contribution in [0, 0.1) is 0 Å². The third kappa shape index (κ3) is 12.3. The molecule has 0 N–H and O–H groups in total. The van der Waals surface area contributed by atoms with Crippen LogP contribution in [0.15, 0.2) is 60.7 Å². The molecule has 0 aliphatic heterocycles. The third-order valence-electron chi connectivity index (χ3n) is 6.91. The SMILES string of the molecule is CCCCCCCCCC[O][Sn]([O]CCCCCCCCCC)([c]1ccccc1)[c]1ccccc1. The Morgan fingerprint density at radius 1 is 0.429 bits per heavy atom. The molecule has 3 heteroatoms. The molecule has 0 aliphatic rings. The maximum absolute atomic E-state index is 6.91. The first-order valence-electron chi connectivity index (χ1n) is 14.7. The van der Waals surface area contributed by atoms with Crippen molar-refractivity contribution in [3.8, 4) is 0 Å². The van der Waals surface area contributed by atoms with Gasteiger partial charge in [-0.3, -0.25) is 0 Å². The predicted molar refractivity (Wildman–Crippen MR) is 155 cm³/mol. The van der Waals surface area contributed by atoms with Gasteiger partial charge in [0.25, 0.3) is 0 Å². The van der Waals surface area contributed by atoms with Crippen LogP contribution in [0.3, 0.4) is 0 Å². The molecule has 196 valence electrons. The Labute approximate surface area is 222 Å². The van der Waals surface area contributed by atoms with Gasteiger partial charge in [-0.2, -0.15) is 0 Å². The zero-order valence-electron chi connectivity index (χ0n) is 22.8. The van der Waals surface area contributed by atoms with Crippen LogP contribution in [0.25, 0.3) is 0 Å². The summed E-state index contributed by atoms with van der Waals surface area (Å²) in [6, 6.07) is 21.7. The van der Waals surface area contributed by atoms with Gasteiger partial charge in [-0.15, -0.1) is 0 Å². The normalized spacial score (nSPS) is 11.7. The monoisotopic (exact) mass is 588 g/mol. The van der Waals surface area contributed by atoms with Gasteiger partial charge in [0.15, 0.2) is 0 Å². The van der Waals surface area contributed by atoms with Crippen molar-refractivity contribution in [3.63, 3.8) is 0 Å². The van der Waals surface area contributed by atoms with Crippen molar-refractivity contribution < 1.29 is 6.15 Å². The first-order chi connectivity index (χ1) is 17.3. The second-order valence-corrected chi connectivity index (χ2v) is 18.5. The van der Waals surface area contributed by atoms with Crippen LogP contribution in [-0.4, -0.2) is 32.4 Å². The van der Waals surface area contributed by atoms with Gasteiger partial charge in [-0.05, 0) is 0 Å². The average Bonchev–Trinajstić information content (AvgIpc) is 2.91. The predicted octanol–water partition coefficient (Wildman–Crippen LogP) is 8.56. The molecular weight excluding hydrogens is 535 g/mol. The molecule has 35 heavy (non-hydrogen) atoms. The summed E-state index contributed by atoms with van der Waals surface area (Å²) in [6.07, 6.45) is 21.1. The zero-order valence-corrected chi connectivity index (χ0v) is 25.7. The molecule has 0 bridgehead atoms. The van der Waals surface area contributed by atoms with Crippen molar-refractivity contribution in [2.45, 2.75) is 117 Å². The fourth-order valence-corrected chi connectivity index (χ4v) is 13.9. The molecule has 0 saturated carbocycles.